The minimum atomic E-state index is -0.373. The zero-order valence-corrected chi connectivity index (χ0v) is 14.7. The maximum absolute atomic E-state index is 12.4. The van der Waals surface area contributed by atoms with Gasteiger partial charge in [0, 0.05) is 21.9 Å². The molecule has 1 heterocycles. The van der Waals surface area contributed by atoms with E-state index in [2.05, 4.69) is 31.5 Å². The first-order valence-electron chi connectivity index (χ1n) is 7.52. The van der Waals surface area contributed by atoms with Crippen LogP contribution in [0.5, 0.6) is 0 Å². The summed E-state index contributed by atoms with van der Waals surface area (Å²) in [7, 11) is 0. The standard InChI is InChI=1S/C19H14BrN3O2/c20-15-8-4-5-9-16(15)23-18(24)13-10-11-21-17(12-13)19(25)22-14-6-2-1-3-7-14/h1-12H,(H,22,25)(H,23,24). The summed E-state index contributed by atoms with van der Waals surface area (Å²) in [6.07, 6.45) is 1.44. The fraction of sp³-hybridized carbons (Fsp3) is 0. The van der Waals surface area contributed by atoms with Crippen LogP contribution in [0.4, 0.5) is 11.4 Å². The van der Waals surface area contributed by atoms with Gasteiger partial charge in [0.15, 0.2) is 0 Å². The lowest BCUT2D eigenvalue weighted by molar-refractivity contribution is 0.102. The van der Waals surface area contributed by atoms with E-state index in [0.717, 1.165) is 4.47 Å². The van der Waals surface area contributed by atoms with E-state index in [1.807, 2.05) is 36.4 Å². The Kier molecular flexibility index (Phi) is 5.20. The molecule has 1 aromatic heterocycles. The molecule has 3 aromatic rings. The van der Waals surface area contributed by atoms with E-state index in [1.165, 1.54) is 12.3 Å². The van der Waals surface area contributed by atoms with Crippen molar-refractivity contribution in [1.29, 1.82) is 0 Å². The summed E-state index contributed by atoms with van der Waals surface area (Å²) in [6.45, 7) is 0. The minimum Gasteiger partial charge on any atom is -0.321 e. The van der Waals surface area contributed by atoms with E-state index < -0.39 is 0 Å². The lowest BCUT2D eigenvalue weighted by Crippen LogP contribution is -2.17. The molecule has 5 nitrogen and oxygen atoms in total. The van der Waals surface area contributed by atoms with Crippen LogP contribution in [0.1, 0.15) is 20.8 Å². The molecule has 25 heavy (non-hydrogen) atoms. The molecule has 0 saturated heterocycles. The van der Waals surface area contributed by atoms with Gasteiger partial charge in [-0.2, -0.15) is 0 Å². The van der Waals surface area contributed by atoms with Crippen LogP contribution in [0.15, 0.2) is 77.4 Å². The molecule has 0 spiro atoms. The summed E-state index contributed by atoms with van der Waals surface area (Å²) in [5.41, 5.74) is 1.84. The van der Waals surface area contributed by atoms with Gasteiger partial charge in [0.2, 0.25) is 0 Å². The van der Waals surface area contributed by atoms with Crippen molar-refractivity contribution in [3.8, 4) is 0 Å². The molecule has 0 atom stereocenters. The highest BCUT2D eigenvalue weighted by molar-refractivity contribution is 9.10. The molecule has 2 N–H and O–H groups in total. The van der Waals surface area contributed by atoms with Crippen LogP contribution in [0, 0.1) is 0 Å². The van der Waals surface area contributed by atoms with Gasteiger partial charge in [-0.15, -0.1) is 0 Å². The third-order valence-electron chi connectivity index (χ3n) is 3.41. The molecular weight excluding hydrogens is 382 g/mol. The zero-order valence-electron chi connectivity index (χ0n) is 13.1. The van der Waals surface area contributed by atoms with Crippen LogP contribution in [0.25, 0.3) is 0 Å². The summed E-state index contributed by atoms with van der Waals surface area (Å²) in [6, 6.07) is 19.4. The SMILES string of the molecule is O=C(Nc1ccccc1Br)c1ccnc(C(=O)Nc2ccccc2)c1. The van der Waals surface area contributed by atoms with Gasteiger partial charge >= 0.3 is 0 Å². The van der Waals surface area contributed by atoms with Crippen molar-refractivity contribution in [2.24, 2.45) is 0 Å². The Hall–Kier alpha value is -2.99. The maximum Gasteiger partial charge on any atom is 0.274 e. The summed E-state index contributed by atoms with van der Waals surface area (Å²) >= 11 is 3.38. The summed E-state index contributed by atoms with van der Waals surface area (Å²) in [5.74, 6) is -0.690. The van der Waals surface area contributed by atoms with E-state index in [9.17, 15) is 9.59 Å². The average Bonchev–Trinajstić information content (AvgIpc) is 2.64. The van der Waals surface area contributed by atoms with Gasteiger partial charge in [-0.05, 0) is 52.3 Å². The smallest absolute Gasteiger partial charge is 0.274 e. The number of rotatable bonds is 4. The maximum atomic E-state index is 12.4. The molecule has 0 saturated carbocycles. The number of benzene rings is 2. The summed E-state index contributed by atoms with van der Waals surface area (Å²) < 4.78 is 0.777. The molecule has 0 radical (unpaired) electrons. The second-order valence-electron chi connectivity index (χ2n) is 5.18. The molecule has 0 aliphatic rings. The Bertz CT molecular complexity index is 913. The molecule has 3 rings (SSSR count). The molecule has 0 bridgehead atoms. The van der Waals surface area contributed by atoms with Crippen LogP contribution in [-0.4, -0.2) is 16.8 Å². The number of para-hydroxylation sites is 2. The fourth-order valence-corrected chi connectivity index (χ4v) is 2.55. The molecular formula is C19H14BrN3O2. The van der Waals surface area contributed by atoms with Crippen molar-refractivity contribution in [1.82, 2.24) is 4.98 Å². The third kappa shape index (κ3) is 4.30. The van der Waals surface area contributed by atoms with Crippen LogP contribution in [0.3, 0.4) is 0 Å². The number of carbonyl (C=O) groups excluding carboxylic acids is 2. The molecule has 0 fully saturated rings. The largest absolute Gasteiger partial charge is 0.321 e. The van der Waals surface area contributed by atoms with Crippen molar-refractivity contribution >= 4 is 39.1 Å². The van der Waals surface area contributed by atoms with E-state index >= 15 is 0 Å². The van der Waals surface area contributed by atoms with Crippen molar-refractivity contribution in [2.75, 3.05) is 10.6 Å². The van der Waals surface area contributed by atoms with Crippen molar-refractivity contribution < 1.29 is 9.59 Å². The Morgan fingerprint density at radius 1 is 0.840 bits per heavy atom. The number of aromatic nitrogens is 1. The van der Waals surface area contributed by atoms with Crippen LogP contribution < -0.4 is 10.6 Å². The van der Waals surface area contributed by atoms with E-state index in [1.54, 1.807) is 24.3 Å². The first-order chi connectivity index (χ1) is 12.1. The molecule has 2 amide bonds. The van der Waals surface area contributed by atoms with Gasteiger partial charge in [-0.25, -0.2) is 0 Å². The highest BCUT2D eigenvalue weighted by atomic mass is 79.9. The Morgan fingerprint density at radius 3 is 2.32 bits per heavy atom. The number of carbonyl (C=O) groups is 2. The molecule has 0 unspecified atom stereocenters. The summed E-state index contributed by atoms with van der Waals surface area (Å²) in [5, 5.41) is 5.54. The number of hydrogen-bond donors (Lipinski definition) is 2. The number of halogens is 1. The number of pyridine rings is 1. The number of anilines is 2. The molecule has 0 aliphatic heterocycles. The quantitative estimate of drug-likeness (QED) is 0.689. The first-order valence-corrected chi connectivity index (χ1v) is 8.31. The van der Waals surface area contributed by atoms with Crippen LogP contribution in [-0.2, 0) is 0 Å². The third-order valence-corrected chi connectivity index (χ3v) is 4.10. The molecule has 0 aliphatic carbocycles. The van der Waals surface area contributed by atoms with Crippen LogP contribution in [0.2, 0.25) is 0 Å². The normalized spacial score (nSPS) is 10.1. The fourth-order valence-electron chi connectivity index (χ4n) is 2.17. The summed E-state index contributed by atoms with van der Waals surface area (Å²) in [4.78, 5) is 28.7. The Balaban J connectivity index is 1.76. The molecule has 6 heteroatoms. The Morgan fingerprint density at radius 2 is 1.56 bits per heavy atom. The van der Waals surface area contributed by atoms with E-state index in [-0.39, 0.29) is 17.5 Å². The van der Waals surface area contributed by atoms with Gasteiger partial charge in [0.1, 0.15) is 5.69 Å². The molecule has 124 valence electrons. The second kappa shape index (κ2) is 7.72. The lowest BCUT2D eigenvalue weighted by Gasteiger charge is -2.08. The Labute approximate surface area is 153 Å². The predicted octanol–water partition coefficient (Wildman–Crippen LogP) is 4.35. The van der Waals surface area contributed by atoms with E-state index in [0.29, 0.717) is 16.9 Å². The second-order valence-corrected chi connectivity index (χ2v) is 6.04. The van der Waals surface area contributed by atoms with E-state index in [4.69, 9.17) is 0 Å². The van der Waals surface area contributed by atoms with Gasteiger partial charge in [-0.1, -0.05) is 30.3 Å². The number of nitrogens with one attached hydrogen (secondary N) is 2. The number of amides is 2. The highest BCUT2D eigenvalue weighted by Crippen LogP contribution is 2.22. The number of hydrogen-bond acceptors (Lipinski definition) is 3. The van der Waals surface area contributed by atoms with Crippen molar-refractivity contribution in [3.05, 3.63) is 88.7 Å². The van der Waals surface area contributed by atoms with Crippen molar-refractivity contribution in [2.45, 2.75) is 0 Å². The lowest BCUT2D eigenvalue weighted by atomic mass is 10.2. The predicted molar refractivity (Wildman–Crippen MR) is 101 cm³/mol. The van der Waals surface area contributed by atoms with Gasteiger partial charge in [0.25, 0.3) is 11.8 Å². The minimum absolute atomic E-state index is 0.170. The average molecular weight is 396 g/mol. The van der Waals surface area contributed by atoms with Crippen LogP contribution >= 0.6 is 15.9 Å². The number of nitrogens with zero attached hydrogens (tertiary/aromatic N) is 1. The van der Waals surface area contributed by atoms with Gasteiger partial charge < -0.3 is 10.6 Å². The monoisotopic (exact) mass is 395 g/mol. The zero-order chi connectivity index (χ0) is 17.6. The van der Waals surface area contributed by atoms with Gasteiger partial charge in [-0.3, -0.25) is 14.6 Å². The van der Waals surface area contributed by atoms with Gasteiger partial charge in [0.05, 0.1) is 5.69 Å². The van der Waals surface area contributed by atoms with Crippen molar-refractivity contribution in [3.63, 3.8) is 0 Å². The first kappa shape index (κ1) is 16.9. The highest BCUT2D eigenvalue weighted by Gasteiger charge is 2.13. The topological polar surface area (TPSA) is 71.1 Å². The molecule has 2 aromatic carbocycles.